The highest BCUT2D eigenvalue weighted by Crippen LogP contribution is 2.63. The first-order valence-corrected chi connectivity index (χ1v) is 21.1. The molecule has 1 aromatic heterocycles. The number of para-hydroxylation sites is 3. The first-order chi connectivity index (χ1) is 30.7. The number of nitrogens with zero attached hydrogens (tertiary/aromatic N) is 4. The van der Waals surface area contributed by atoms with Crippen LogP contribution in [0.2, 0.25) is 0 Å². The predicted octanol–water partition coefficient (Wildman–Crippen LogP) is 14.4. The van der Waals surface area contributed by atoms with Crippen LogP contribution in [0.4, 0.5) is 17.1 Å². The third-order valence-corrected chi connectivity index (χ3v) is 12.5. The first-order valence-electron chi connectivity index (χ1n) is 21.1. The Morgan fingerprint density at radius 2 is 0.694 bits per heavy atom. The molecule has 4 heteroatoms. The van der Waals surface area contributed by atoms with Crippen molar-refractivity contribution in [1.29, 1.82) is 0 Å². The van der Waals surface area contributed by atoms with Gasteiger partial charge in [0.15, 0.2) is 17.5 Å². The lowest BCUT2D eigenvalue weighted by atomic mass is 9.64. The zero-order valence-electron chi connectivity index (χ0n) is 33.7. The monoisotopic (exact) mass is 790 g/mol. The normalized spacial score (nSPS) is 12.9. The molecule has 0 unspecified atom stereocenters. The molecule has 0 radical (unpaired) electrons. The molecule has 2 aliphatic rings. The van der Waals surface area contributed by atoms with Crippen molar-refractivity contribution in [2.75, 3.05) is 4.90 Å². The Kier molecular flexibility index (Phi) is 8.36. The molecule has 12 rings (SSSR count). The van der Waals surface area contributed by atoms with Gasteiger partial charge in [-0.2, -0.15) is 0 Å². The van der Waals surface area contributed by atoms with Gasteiger partial charge in [0.25, 0.3) is 0 Å². The maximum Gasteiger partial charge on any atom is 0.164 e. The fourth-order valence-corrected chi connectivity index (χ4v) is 9.77. The fraction of sp³-hybridized carbons (Fsp3) is 0.0172. The van der Waals surface area contributed by atoms with E-state index in [0.717, 1.165) is 39.1 Å². The Labute approximate surface area is 361 Å². The van der Waals surface area contributed by atoms with Crippen molar-refractivity contribution in [2.45, 2.75) is 5.41 Å². The van der Waals surface area contributed by atoms with Gasteiger partial charge in [0, 0.05) is 22.4 Å². The van der Waals surface area contributed by atoms with Gasteiger partial charge in [-0.15, -0.1) is 0 Å². The molecular formula is C58H38N4. The summed E-state index contributed by atoms with van der Waals surface area (Å²) in [6, 6.07) is 82.4. The number of fused-ring (bicyclic) bond motifs is 9. The van der Waals surface area contributed by atoms with Crippen molar-refractivity contribution in [3.05, 3.63) is 253 Å². The van der Waals surface area contributed by atoms with Crippen LogP contribution in [0.1, 0.15) is 22.3 Å². The van der Waals surface area contributed by atoms with Crippen LogP contribution in [0.15, 0.2) is 231 Å². The Morgan fingerprint density at radius 3 is 1.35 bits per heavy atom. The summed E-state index contributed by atoms with van der Waals surface area (Å²) in [6.07, 6.45) is 0. The van der Waals surface area contributed by atoms with Gasteiger partial charge in [-0.05, 0) is 92.0 Å². The summed E-state index contributed by atoms with van der Waals surface area (Å²) in [5, 5.41) is 0. The van der Waals surface area contributed by atoms with E-state index in [1.54, 1.807) is 0 Å². The molecule has 62 heavy (non-hydrogen) atoms. The minimum atomic E-state index is -0.540. The Balaban J connectivity index is 1.01. The van der Waals surface area contributed by atoms with Gasteiger partial charge in [0.2, 0.25) is 0 Å². The summed E-state index contributed by atoms with van der Waals surface area (Å²) in [7, 11) is 0. The van der Waals surface area contributed by atoms with Gasteiger partial charge in [-0.1, -0.05) is 194 Å². The van der Waals surface area contributed by atoms with Crippen LogP contribution in [0.5, 0.6) is 0 Å². The molecule has 0 atom stereocenters. The highest BCUT2D eigenvalue weighted by molar-refractivity contribution is 5.96. The molecule has 0 bridgehead atoms. The molecule has 0 amide bonds. The predicted molar refractivity (Wildman–Crippen MR) is 253 cm³/mol. The SMILES string of the molecule is c1ccc(-c2ccc(-c3nc(-c4ccccc4)nc(-c4cccc(-c5ccc6c(c5)C5(c7ccccc7-6)c6ccccc6N(c6ccccc6)c6ccccc65)c4)n3)cc2)cc1. The summed E-state index contributed by atoms with van der Waals surface area (Å²) in [4.78, 5) is 17.7. The van der Waals surface area contributed by atoms with Crippen LogP contribution in [0.3, 0.4) is 0 Å². The molecular weight excluding hydrogens is 753 g/mol. The molecule has 4 nitrogen and oxygen atoms in total. The van der Waals surface area contributed by atoms with Gasteiger partial charge in [-0.25, -0.2) is 15.0 Å². The lowest BCUT2D eigenvalue weighted by Gasteiger charge is -2.45. The summed E-state index contributed by atoms with van der Waals surface area (Å²) < 4.78 is 0. The summed E-state index contributed by atoms with van der Waals surface area (Å²) in [6.45, 7) is 0. The summed E-state index contributed by atoms with van der Waals surface area (Å²) in [5.41, 5.74) is 17.9. The standard InChI is InChI=1S/C58H38N4/c1-4-17-39(18-5-1)40-31-33-42(34-32-40)56-59-55(41-19-6-2-7-20-41)60-57(61-56)45-22-16-21-43(37-45)44-35-36-48-47-25-10-11-26-49(47)58(52(48)38-44)50-27-12-14-29-53(50)62(46-23-8-3-9-24-46)54-30-15-13-28-51(54)58/h1-38H. The average Bonchev–Trinajstić information content (AvgIpc) is 3.65. The van der Waals surface area contributed by atoms with E-state index in [-0.39, 0.29) is 0 Å². The Bertz CT molecular complexity index is 3240. The third kappa shape index (κ3) is 5.65. The van der Waals surface area contributed by atoms with E-state index in [2.05, 4.69) is 211 Å². The van der Waals surface area contributed by atoms with Crippen molar-refractivity contribution in [2.24, 2.45) is 0 Å². The van der Waals surface area contributed by atoms with Crippen LogP contribution < -0.4 is 4.90 Å². The number of benzene rings is 9. The minimum absolute atomic E-state index is 0.540. The van der Waals surface area contributed by atoms with Gasteiger partial charge in [0.1, 0.15) is 0 Å². The molecule has 0 saturated carbocycles. The third-order valence-electron chi connectivity index (χ3n) is 12.5. The minimum Gasteiger partial charge on any atom is -0.310 e. The molecule has 9 aromatic carbocycles. The molecule has 1 spiro atoms. The van der Waals surface area contributed by atoms with E-state index >= 15 is 0 Å². The lowest BCUT2D eigenvalue weighted by molar-refractivity contribution is 0.753. The average molecular weight is 791 g/mol. The molecule has 290 valence electrons. The number of anilines is 3. The molecule has 0 fully saturated rings. The summed E-state index contributed by atoms with van der Waals surface area (Å²) >= 11 is 0. The molecule has 2 heterocycles. The van der Waals surface area contributed by atoms with Gasteiger partial charge in [-0.3, -0.25) is 0 Å². The van der Waals surface area contributed by atoms with Crippen molar-refractivity contribution in [1.82, 2.24) is 15.0 Å². The second-order valence-corrected chi connectivity index (χ2v) is 16.0. The van der Waals surface area contributed by atoms with Crippen LogP contribution in [0.25, 0.3) is 67.5 Å². The highest BCUT2D eigenvalue weighted by Gasteiger charge is 2.51. The molecule has 0 saturated heterocycles. The van der Waals surface area contributed by atoms with Crippen LogP contribution >= 0.6 is 0 Å². The number of rotatable bonds is 6. The van der Waals surface area contributed by atoms with Crippen molar-refractivity contribution >= 4 is 17.1 Å². The zero-order valence-corrected chi connectivity index (χ0v) is 33.7. The van der Waals surface area contributed by atoms with Crippen LogP contribution in [-0.4, -0.2) is 15.0 Å². The van der Waals surface area contributed by atoms with Crippen molar-refractivity contribution in [3.8, 4) is 67.5 Å². The second kappa shape index (κ2) is 14.5. The largest absolute Gasteiger partial charge is 0.310 e. The molecule has 1 aliphatic heterocycles. The zero-order chi connectivity index (χ0) is 41.0. The lowest BCUT2D eigenvalue weighted by Crippen LogP contribution is -2.36. The first kappa shape index (κ1) is 35.7. The van der Waals surface area contributed by atoms with E-state index in [9.17, 15) is 0 Å². The van der Waals surface area contributed by atoms with Crippen molar-refractivity contribution in [3.63, 3.8) is 0 Å². The second-order valence-electron chi connectivity index (χ2n) is 16.0. The van der Waals surface area contributed by atoms with Gasteiger partial charge < -0.3 is 4.90 Å². The van der Waals surface area contributed by atoms with Crippen LogP contribution in [0, 0.1) is 0 Å². The molecule has 1 aliphatic carbocycles. The van der Waals surface area contributed by atoms with E-state index in [4.69, 9.17) is 15.0 Å². The van der Waals surface area contributed by atoms with E-state index in [1.165, 1.54) is 50.3 Å². The number of hydrogen-bond acceptors (Lipinski definition) is 4. The maximum absolute atomic E-state index is 5.15. The topological polar surface area (TPSA) is 41.9 Å². The molecule has 10 aromatic rings. The van der Waals surface area contributed by atoms with Crippen LogP contribution in [-0.2, 0) is 5.41 Å². The smallest absolute Gasteiger partial charge is 0.164 e. The highest BCUT2D eigenvalue weighted by atomic mass is 15.2. The number of aromatic nitrogens is 3. The number of hydrogen-bond donors (Lipinski definition) is 0. The Hall–Kier alpha value is -8.21. The molecule has 0 N–H and O–H groups in total. The Morgan fingerprint density at radius 1 is 0.274 bits per heavy atom. The quantitative estimate of drug-likeness (QED) is 0.168. The van der Waals surface area contributed by atoms with E-state index in [0.29, 0.717) is 17.5 Å². The summed E-state index contributed by atoms with van der Waals surface area (Å²) in [5.74, 6) is 1.90. The van der Waals surface area contributed by atoms with Crippen molar-refractivity contribution < 1.29 is 0 Å². The maximum atomic E-state index is 5.15. The van der Waals surface area contributed by atoms with E-state index < -0.39 is 5.41 Å². The fourth-order valence-electron chi connectivity index (χ4n) is 9.77. The van der Waals surface area contributed by atoms with Gasteiger partial charge >= 0.3 is 0 Å². The van der Waals surface area contributed by atoms with E-state index in [1.807, 2.05) is 24.3 Å². The van der Waals surface area contributed by atoms with Gasteiger partial charge in [0.05, 0.1) is 16.8 Å².